The van der Waals surface area contributed by atoms with Crippen molar-refractivity contribution in [3.63, 3.8) is 0 Å². The molecule has 2 fully saturated rings. The van der Waals surface area contributed by atoms with Gasteiger partial charge in [0.25, 0.3) is 0 Å². The van der Waals surface area contributed by atoms with E-state index in [0.717, 1.165) is 19.5 Å². The summed E-state index contributed by atoms with van der Waals surface area (Å²) in [6.45, 7) is 3.87. The highest BCUT2D eigenvalue weighted by atomic mass is 35.5. The van der Waals surface area contributed by atoms with Gasteiger partial charge < -0.3 is 10.6 Å². The zero-order chi connectivity index (χ0) is 12.1. The maximum atomic E-state index is 11.6. The maximum Gasteiger partial charge on any atom is 0.223 e. The molecule has 18 heavy (non-hydrogen) atoms. The van der Waals surface area contributed by atoms with Gasteiger partial charge in [-0.25, -0.2) is 0 Å². The summed E-state index contributed by atoms with van der Waals surface area (Å²) < 4.78 is 0. The standard InChI is InChI=1S/C14H26N2O.ClH/c1-11-10-13(11)14(17)16-9-8-15-12-6-4-2-3-5-7-12;/h11-13,15H,2-10H2,1H3,(H,16,17);1H. The topological polar surface area (TPSA) is 41.1 Å². The van der Waals surface area contributed by atoms with Gasteiger partial charge in [-0.1, -0.05) is 32.6 Å². The fraction of sp³-hybridized carbons (Fsp3) is 0.929. The van der Waals surface area contributed by atoms with E-state index in [1.54, 1.807) is 0 Å². The Morgan fingerprint density at radius 1 is 1.11 bits per heavy atom. The van der Waals surface area contributed by atoms with Gasteiger partial charge in [0, 0.05) is 25.0 Å². The summed E-state index contributed by atoms with van der Waals surface area (Å²) in [6.07, 6.45) is 9.24. The third-order valence-corrected chi connectivity index (χ3v) is 4.16. The van der Waals surface area contributed by atoms with Gasteiger partial charge in [0.05, 0.1) is 0 Å². The summed E-state index contributed by atoms with van der Waals surface area (Å²) in [6, 6.07) is 0.689. The largest absolute Gasteiger partial charge is 0.355 e. The van der Waals surface area contributed by atoms with Crippen LogP contribution >= 0.6 is 12.4 Å². The Morgan fingerprint density at radius 3 is 2.28 bits per heavy atom. The number of hydrogen-bond acceptors (Lipinski definition) is 2. The maximum absolute atomic E-state index is 11.6. The average Bonchev–Trinajstić information content (AvgIpc) is 3.08. The van der Waals surface area contributed by atoms with Crippen LogP contribution in [0.25, 0.3) is 0 Å². The van der Waals surface area contributed by atoms with Gasteiger partial charge in [-0.2, -0.15) is 0 Å². The molecular formula is C14H27ClN2O. The van der Waals surface area contributed by atoms with Crippen LogP contribution in [-0.4, -0.2) is 25.0 Å². The van der Waals surface area contributed by atoms with Crippen LogP contribution in [0.2, 0.25) is 0 Å². The number of hydrogen-bond donors (Lipinski definition) is 2. The first-order chi connectivity index (χ1) is 8.27. The van der Waals surface area contributed by atoms with Crippen LogP contribution in [0.3, 0.4) is 0 Å². The van der Waals surface area contributed by atoms with Crippen molar-refractivity contribution >= 4 is 18.3 Å². The molecule has 0 aliphatic heterocycles. The first-order valence-corrected chi connectivity index (χ1v) is 7.28. The molecule has 2 rings (SSSR count). The predicted molar refractivity (Wildman–Crippen MR) is 77.0 cm³/mol. The summed E-state index contributed by atoms with van der Waals surface area (Å²) in [5.41, 5.74) is 0. The quantitative estimate of drug-likeness (QED) is 0.597. The molecule has 0 spiro atoms. The second kappa shape index (κ2) is 8.00. The van der Waals surface area contributed by atoms with Gasteiger partial charge in [-0.3, -0.25) is 4.79 Å². The average molecular weight is 275 g/mol. The molecular weight excluding hydrogens is 248 g/mol. The van der Waals surface area contributed by atoms with Gasteiger partial charge in [0.2, 0.25) is 5.91 Å². The van der Waals surface area contributed by atoms with E-state index in [0.29, 0.717) is 17.9 Å². The van der Waals surface area contributed by atoms with Gasteiger partial charge in [0.1, 0.15) is 0 Å². The normalized spacial score (nSPS) is 28.1. The van der Waals surface area contributed by atoms with Crippen LogP contribution in [0.1, 0.15) is 51.9 Å². The van der Waals surface area contributed by atoms with Crippen molar-refractivity contribution in [2.24, 2.45) is 11.8 Å². The van der Waals surface area contributed by atoms with Crippen molar-refractivity contribution < 1.29 is 4.79 Å². The zero-order valence-corrected chi connectivity index (χ0v) is 12.2. The first kappa shape index (κ1) is 15.8. The van der Waals surface area contributed by atoms with Crippen molar-refractivity contribution in [2.45, 2.75) is 57.9 Å². The lowest BCUT2D eigenvalue weighted by molar-refractivity contribution is -0.122. The van der Waals surface area contributed by atoms with Crippen molar-refractivity contribution in [3.05, 3.63) is 0 Å². The minimum atomic E-state index is 0. The monoisotopic (exact) mass is 274 g/mol. The van der Waals surface area contributed by atoms with Crippen LogP contribution in [0.5, 0.6) is 0 Å². The molecule has 0 saturated heterocycles. The van der Waals surface area contributed by atoms with Crippen molar-refractivity contribution in [1.82, 2.24) is 10.6 Å². The molecule has 2 aliphatic carbocycles. The molecule has 0 aromatic carbocycles. The van der Waals surface area contributed by atoms with Crippen LogP contribution in [0.15, 0.2) is 0 Å². The van der Waals surface area contributed by atoms with Crippen LogP contribution in [0.4, 0.5) is 0 Å². The van der Waals surface area contributed by atoms with Gasteiger partial charge in [-0.15, -0.1) is 12.4 Å². The highest BCUT2D eigenvalue weighted by Gasteiger charge is 2.38. The summed E-state index contributed by atoms with van der Waals surface area (Å²) >= 11 is 0. The van der Waals surface area contributed by atoms with Crippen LogP contribution < -0.4 is 10.6 Å². The second-order valence-electron chi connectivity index (χ2n) is 5.75. The summed E-state index contributed by atoms with van der Waals surface area (Å²) in [5.74, 6) is 1.19. The molecule has 2 N–H and O–H groups in total. The molecule has 106 valence electrons. The lowest BCUT2D eigenvalue weighted by Gasteiger charge is -2.16. The molecule has 0 aromatic rings. The summed E-state index contributed by atoms with van der Waals surface area (Å²) in [5, 5.41) is 6.60. The minimum Gasteiger partial charge on any atom is -0.355 e. The van der Waals surface area contributed by atoms with Crippen LogP contribution in [-0.2, 0) is 4.79 Å². The van der Waals surface area contributed by atoms with E-state index in [2.05, 4.69) is 17.6 Å². The fourth-order valence-electron chi connectivity index (χ4n) is 2.76. The Bertz CT molecular complexity index is 252. The van der Waals surface area contributed by atoms with Gasteiger partial charge in [0.15, 0.2) is 0 Å². The number of amides is 1. The van der Waals surface area contributed by atoms with Crippen molar-refractivity contribution in [2.75, 3.05) is 13.1 Å². The molecule has 4 heteroatoms. The van der Waals surface area contributed by atoms with Gasteiger partial charge >= 0.3 is 0 Å². The molecule has 3 nitrogen and oxygen atoms in total. The Kier molecular flexibility index (Phi) is 7.02. The molecule has 0 heterocycles. The SMILES string of the molecule is CC1CC1C(=O)NCCNC1CCCCCC1.Cl. The zero-order valence-electron chi connectivity index (χ0n) is 11.4. The van der Waals surface area contributed by atoms with E-state index in [-0.39, 0.29) is 18.3 Å². The van der Waals surface area contributed by atoms with Crippen molar-refractivity contribution in [3.8, 4) is 0 Å². The number of rotatable bonds is 5. The third kappa shape index (κ3) is 5.15. The lowest BCUT2D eigenvalue weighted by atomic mass is 10.1. The number of halogens is 1. The lowest BCUT2D eigenvalue weighted by Crippen LogP contribution is -2.37. The molecule has 2 saturated carbocycles. The molecule has 2 unspecified atom stereocenters. The molecule has 0 aromatic heterocycles. The van der Waals surface area contributed by atoms with E-state index in [1.165, 1.54) is 38.5 Å². The molecule has 2 atom stereocenters. The van der Waals surface area contributed by atoms with Gasteiger partial charge in [-0.05, 0) is 25.2 Å². The Hall–Kier alpha value is -0.280. The minimum absolute atomic E-state index is 0. The summed E-state index contributed by atoms with van der Waals surface area (Å²) in [7, 11) is 0. The Morgan fingerprint density at radius 2 is 1.72 bits per heavy atom. The highest BCUT2D eigenvalue weighted by molar-refractivity contribution is 5.85. The second-order valence-corrected chi connectivity index (χ2v) is 5.75. The molecule has 0 radical (unpaired) electrons. The smallest absolute Gasteiger partial charge is 0.223 e. The Labute approximate surface area is 117 Å². The first-order valence-electron chi connectivity index (χ1n) is 7.28. The van der Waals surface area contributed by atoms with E-state index in [1.807, 2.05) is 0 Å². The predicted octanol–water partition coefficient (Wildman–Crippen LogP) is 2.49. The highest BCUT2D eigenvalue weighted by Crippen LogP contribution is 2.37. The van der Waals surface area contributed by atoms with E-state index in [4.69, 9.17) is 0 Å². The molecule has 1 amide bonds. The third-order valence-electron chi connectivity index (χ3n) is 4.16. The van der Waals surface area contributed by atoms with Crippen molar-refractivity contribution in [1.29, 1.82) is 0 Å². The fourth-order valence-corrected chi connectivity index (χ4v) is 2.76. The molecule has 2 aliphatic rings. The number of nitrogens with one attached hydrogen (secondary N) is 2. The van der Waals surface area contributed by atoms with E-state index in [9.17, 15) is 4.79 Å². The Balaban J connectivity index is 0.00000162. The molecule has 0 bridgehead atoms. The van der Waals surface area contributed by atoms with E-state index >= 15 is 0 Å². The van der Waals surface area contributed by atoms with E-state index < -0.39 is 0 Å². The number of carbonyl (C=O) groups excluding carboxylic acids is 1. The summed E-state index contributed by atoms with van der Waals surface area (Å²) in [4.78, 5) is 11.6. The van der Waals surface area contributed by atoms with Crippen LogP contribution in [0, 0.1) is 11.8 Å². The number of carbonyl (C=O) groups is 1.